The van der Waals surface area contributed by atoms with E-state index >= 15 is 0 Å². The van der Waals surface area contributed by atoms with Gasteiger partial charge in [0.1, 0.15) is 23.5 Å². The molecule has 9 nitrogen and oxygen atoms in total. The van der Waals surface area contributed by atoms with Crippen LogP contribution in [0.4, 0.5) is 10.5 Å². The molecule has 1 aromatic carbocycles. The van der Waals surface area contributed by atoms with Crippen LogP contribution in [0.3, 0.4) is 0 Å². The molecule has 0 N–H and O–H groups in total. The number of hydrogen-bond acceptors (Lipinski definition) is 7. The van der Waals surface area contributed by atoms with Crippen molar-refractivity contribution < 1.29 is 28.7 Å². The first-order valence-electron chi connectivity index (χ1n) is 8.09. The van der Waals surface area contributed by atoms with Crippen molar-refractivity contribution in [1.29, 1.82) is 0 Å². The Hall–Kier alpha value is -2.84. The Balaban J connectivity index is 2.10. The average Bonchev–Trinajstić information content (AvgIpc) is 2.97. The minimum atomic E-state index is -0.808. The zero-order valence-electron chi connectivity index (χ0n) is 15.1. The third-order valence-corrected chi connectivity index (χ3v) is 3.71. The molecule has 0 spiro atoms. The second kappa shape index (κ2) is 7.59. The van der Waals surface area contributed by atoms with Crippen molar-refractivity contribution in [3.05, 3.63) is 34.4 Å². The summed E-state index contributed by atoms with van der Waals surface area (Å²) >= 11 is 0. The summed E-state index contributed by atoms with van der Waals surface area (Å²) in [5, 5.41) is 10.7. The minimum Gasteiger partial charge on any atom is -0.488 e. The lowest BCUT2D eigenvalue weighted by atomic mass is 10.2. The van der Waals surface area contributed by atoms with E-state index in [2.05, 4.69) is 0 Å². The number of non-ortho nitro benzene ring substituents is 1. The fraction of sp³-hybridized carbons (Fsp3) is 0.529. The summed E-state index contributed by atoms with van der Waals surface area (Å²) in [4.78, 5) is 35.9. The molecule has 1 amide bonds. The number of esters is 1. The summed E-state index contributed by atoms with van der Waals surface area (Å²) in [5.41, 5.74) is -0.749. The van der Waals surface area contributed by atoms with E-state index in [0.717, 1.165) is 0 Å². The van der Waals surface area contributed by atoms with E-state index in [0.29, 0.717) is 5.75 Å². The van der Waals surface area contributed by atoms with Gasteiger partial charge in [0.05, 0.1) is 18.6 Å². The lowest BCUT2D eigenvalue weighted by Gasteiger charge is -2.27. The average molecular weight is 366 g/mol. The molecule has 1 saturated heterocycles. The Morgan fingerprint density at radius 1 is 1.23 bits per heavy atom. The number of carbonyl (C=O) groups excluding carboxylic acids is 2. The quantitative estimate of drug-likeness (QED) is 0.457. The topological polar surface area (TPSA) is 108 Å². The van der Waals surface area contributed by atoms with Gasteiger partial charge in [-0.3, -0.25) is 15.0 Å². The molecule has 9 heteroatoms. The van der Waals surface area contributed by atoms with Gasteiger partial charge < -0.3 is 14.2 Å². The molecule has 26 heavy (non-hydrogen) atoms. The number of carbonyl (C=O) groups is 2. The number of hydrogen-bond donors (Lipinski definition) is 0. The summed E-state index contributed by atoms with van der Waals surface area (Å²) in [6, 6.07) is 4.79. The predicted molar refractivity (Wildman–Crippen MR) is 90.9 cm³/mol. The zero-order valence-corrected chi connectivity index (χ0v) is 15.1. The van der Waals surface area contributed by atoms with Crippen LogP contribution in [-0.2, 0) is 14.3 Å². The van der Waals surface area contributed by atoms with E-state index in [-0.39, 0.29) is 18.7 Å². The number of rotatable bonds is 4. The highest BCUT2D eigenvalue weighted by atomic mass is 16.6. The number of likely N-dealkylation sites (tertiary alicyclic amines) is 1. The number of benzene rings is 1. The molecule has 2 atom stereocenters. The molecule has 1 aromatic rings. The Morgan fingerprint density at radius 3 is 2.35 bits per heavy atom. The van der Waals surface area contributed by atoms with Gasteiger partial charge in [-0.2, -0.15) is 0 Å². The van der Waals surface area contributed by atoms with Crippen LogP contribution in [-0.4, -0.2) is 53.3 Å². The number of ether oxygens (including phenoxy) is 3. The van der Waals surface area contributed by atoms with E-state index in [1.807, 2.05) is 0 Å². The molecule has 2 rings (SSSR count). The molecule has 1 aliphatic heterocycles. The molecular weight excluding hydrogens is 344 g/mol. The van der Waals surface area contributed by atoms with Crippen LogP contribution >= 0.6 is 0 Å². The maximum Gasteiger partial charge on any atom is 0.411 e. The third-order valence-electron chi connectivity index (χ3n) is 3.71. The van der Waals surface area contributed by atoms with Gasteiger partial charge in [0.15, 0.2) is 0 Å². The molecule has 0 aliphatic carbocycles. The van der Waals surface area contributed by atoms with Gasteiger partial charge in [-0.1, -0.05) is 0 Å². The monoisotopic (exact) mass is 366 g/mol. The van der Waals surface area contributed by atoms with E-state index in [4.69, 9.17) is 14.2 Å². The van der Waals surface area contributed by atoms with Crippen LogP contribution < -0.4 is 4.74 Å². The fourth-order valence-electron chi connectivity index (χ4n) is 2.60. The summed E-state index contributed by atoms with van der Waals surface area (Å²) in [7, 11) is 1.25. The highest BCUT2D eigenvalue weighted by Crippen LogP contribution is 2.27. The van der Waals surface area contributed by atoms with Gasteiger partial charge >= 0.3 is 12.1 Å². The van der Waals surface area contributed by atoms with Gasteiger partial charge in [0, 0.05) is 18.6 Å². The number of nitro groups is 1. The standard InChI is InChI=1S/C17H22N2O7/c1-17(2,3)26-16(21)18-10-13(9-14(18)15(20)24-4)25-12-7-5-11(6-8-12)19(22)23/h5-8,13-14H,9-10H2,1-4H3/t13-,14+/m1/s1. The van der Waals surface area contributed by atoms with Crippen molar-refractivity contribution in [1.82, 2.24) is 4.90 Å². The first-order valence-corrected chi connectivity index (χ1v) is 8.09. The van der Waals surface area contributed by atoms with Crippen LogP contribution in [0.25, 0.3) is 0 Å². The second-order valence-corrected chi connectivity index (χ2v) is 6.90. The summed E-state index contributed by atoms with van der Waals surface area (Å²) in [6.07, 6.45) is -0.848. The Bertz CT molecular complexity index is 681. The Kier molecular flexibility index (Phi) is 5.69. The predicted octanol–water partition coefficient (Wildman–Crippen LogP) is 2.52. The molecule has 1 fully saturated rings. The van der Waals surface area contributed by atoms with Crippen LogP contribution in [0, 0.1) is 10.1 Å². The first kappa shape index (κ1) is 19.5. The molecule has 0 aromatic heterocycles. The van der Waals surface area contributed by atoms with Crippen LogP contribution in [0.5, 0.6) is 5.75 Å². The summed E-state index contributed by atoms with van der Waals surface area (Å²) in [6.45, 7) is 5.35. The summed E-state index contributed by atoms with van der Waals surface area (Å²) < 4.78 is 15.9. The third kappa shape index (κ3) is 4.84. The Morgan fingerprint density at radius 2 is 1.85 bits per heavy atom. The van der Waals surface area contributed by atoms with E-state index in [9.17, 15) is 19.7 Å². The molecule has 1 aliphatic rings. The number of methoxy groups -OCH3 is 1. The number of nitro benzene ring substituents is 1. The maximum atomic E-state index is 12.4. The van der Waals surface area contributed by atoms with Crippen molar-refractivity contribution >= 4 is 17.7 Å². The van der Waals surface area contributed by atoms with Crippen molar-refractivity contribution in [3.63, 3.8) is 0 Å². The smallest absolute Gasteiger partial charge is 0.411 e. The molecule has 0 unspecified atom stereocenters. The highest BCUT2D eigenvalue weighted by Gasteiger charge is 2.43. The zero-order chi connectivity index (χ0) is 19.5. The van der Waals surface area contributed by atoms with Crippen LogP contribution in [0.2, 0.25) is 0 Å². The number of amides is 1. The lowest BCUT2D eigenvalue weighted by molar-refractivity contribution is -0.384. The van der Waals surface area contributed by atoms with Crippen LogP contribution in [0.15, 0.2) is 24.3 Å². The molecule has 142 valence electrons. The van der Waals surface area contributed by atoms with Crippen LogP contribution in [0.1, 0.15) is 27.2 Å². The van der Waals surface area contributed by atoms with Crippen molar-refractivity contribution in [2.75, 3.05) is 13.7 Å². The number of nitrogens with zero attached hydrogens (tertiary/aromatic N) is 2. The summed E-state index contributed by atoms with van der Waals surface area (Å²) in [5.74, 6) is -0.138. The van der Waals surface area contributed by atoms with Gasteiger partial charge in [-0.25, -0.2) is 9.59 Å². The van der Waals surface area contributed by atoms with Gasteiger partial charge in [-0.15, -0.1) is 0 Å². The van der Waals surface area contributed by atoms with Gasteiger partial charge in [-0.05, 0) is 32.9 Å². The van der Waals surface area contributed by atoms with Crippen molar-refractivity contribution in [2.45, 2.75) is 44.9 Å². The molecule has 0 bridgehead atoms. The lowest BCUT2D eigenvalue weighted by Crippen LogP contribution is -2.44. The van der Waals surface area contributed by atoms with Gasteiger partial charge in [0.2, 0.25) is 0 Å². The highest BCUT2D eigenvalue weighted by molar-refractivity contribution is 5.82. The minimum absolute atomic E-state index is 0.0495. The van der Waals surface area contributed by atoms with Gasteiger partial charge in [0.25, 0.3) is 5.69 Å². The second-order valence-electron chi connectivity index (χ2n) is 6.90. The molecule has 0 radical (unpaired) electrons. The van der Waals surface area contributed by atoms with E-state index in [1.54, 1.807) is 20.8 Å². The van der Waals surface area contributed by atoms with Crippen molar-refractivity contribution in [2.24, 2.45) is 0 Å². The molecule has 1 heterocycles. The van der Waals surface area contributed by atoms with E-state index in [1.165, 1.54) is 36.3 Å². The molecule has 0 saturated carbocycles. The largest absolute Gasteiger partial charge is 0.488 e. The van der Waals surface area contributed by atoms with E-state index < -0.39 is 34.7 Å². The maximum absolute atomic E-state index is 12.4. The fourth-order valence-corrected chi connectivity index (χ4v) is 2.60. The molecular formula is C17H22N2O7. The van der Waals surface area contributed by atoms with Crippen molar-refractivity contribution in [3.8, 4) is 5.75 Å². The SMILES string of the molecule is COC(=O)[C@@H]1C[C@@H](Oc2ccc([N+](=O)[O-])cc2)CN1C(=O)OC(C)(C)C. The normalized spacial score (nSPS) is 19.8. The Labute approximate surface area is 151 Å². The first-order chi connectivity index (χ1) is 12.1.